The van der Waals surface area contributed by atoms with Gasteiger partial charge in [-0.1, -0.05) is 11.3 Å². The predicted octanol–water partition coefficient (Wildman–Crippen LogP) is 2.26. The lowest BCUT2D eigenvalue weighted by atomic mass is 10.3. The zero-order chi connectivity index (χ0) is 17.5. The van der Waals surface area contributed by atoms with Crippen LogP contribution in [-0.2, 0) is 0 Å². The summed E-state index contributed by atoms with van der Waals surface area (Å²) >= 11 is 0.994. The number of carbonyl (C=O) groups excluding carboxylic acids is 2. The van der Waals surface area contributed by atoms with Crippen LogP contribution in [0.5, 0.6) is 11.5 Å². The lowest BCUT2D eigenvalue weighted by Gasteiger charge is -2.06. The molecule has 0 bridgehead atoms. The van der Waals surface area contributed by atoms with Gasteiger partial charge in [0.1, 0.15) is 0 Å². The quantitative estimate of drug-likeness (QED) is 0.775. The van der Waals surface area contributed by atoms with Crippen LogP contribution < -0.4 is 14.3 Å². The van der Waals surface area contributed by atoms with Crippen LogP contribution in [0.25, 0.3) is 5.69 Å². The Balaban J connectivity index is 2.09. The molecule has 10 heteroatoms. The summed E-state index contributed by atoms with van der Waals surface area (Å²) in [7, 11) is 3.07. The molecule has 0 spiro atoms. The highest BCUT2D eigenvalue weighted by atomic mass is 32.1. The number of nitrogens with zero attached hydrogens (tertiary/aromatic N) is 3. The largest absolute Gasteiger partial charge is 0.586 e. The molecule has 0 fully saturated rings. The fourth-order valence-corrected chi connectivity index (χ4v) is 2.75. The fourth-order valence-electron chi connectivity index (χ4n) is 1.95. The van der Waals surface area contributed by atoms with Gasteiger partial charge < -0.3 is 14.4 Å². The number of halogens is 2. The Morgan fingerprint density at radius 2 is 2.04 bits per heavy atom. The van der Waals surface area contributed by atoms with Crippen molar-refractivity contribution < 1.29 is 27.8 Å². The molecular formula is C14H11F2N3O4S. The molecule has 7 nitrogen and oxygen atoms in total. The molecule has 2 amide bonds. The third-order valence-corrected chi connectivity index (χ3v) is 3.93. The number of ether oxygens (including phenoxy) is 2. The maximum Gasteiger partial charge on any atom is 0.586 e. The molecule has 3 rings (SSSR count). The molecule has 0 saturated heterocycles. The number of hydrogen-bond donors (Lipinski definition) is 0. The minimum atomic E-state index is -3.72. The number of amides is 2. The van der Waals surface area contributed by atoms with Crippen LogP contribution in [-0.4, -0.2) is 42.2 Å². The van der Waals surface area contributed by atoms with Crippen molar-refractivity contribution in [2.24, 2.45) is 4.99 Å². The minimum absolute atomic E-state index is 0.0990. The number of aromatic nitrogens is 1. The Morgan fingerprint density at radius 3 is 2.71 bits per heavy atom. The first-order valence-electron chi connectivity index (χ1n) is 6.63. The van der Waals surface area contributed by atoms with Crippen molar-refractivity contribution in [2.75, 3.05) is 14.1 Å². The molecule has 2 heterocycles. The van der Waals surface area contributed by atoms with Gasteiger partial charge in [-0.05, 0) is 12.1 Å². The maximum atomic E-state index is 13.1. The molecule has 1 aromatic carbocycles. The lowest BCUT2D eigenvalue weighted by molar-refractivity contribution is -0.286. The van der Waals surface area contributed by atoms with E-state index in [0.717, 1.165) is 11.3 Å². The van der Waals surface area contributed by atoms with Gasteiger partial charge in [0, 0.05) is 26.4 Å². The monoisotopic (exact) mass is 355 g/mol. The van der Waals surface area contributed by atoms with Gasteiger partial charge in [0.2, 0.25) is 0 Å². The van der Waals surface area contributed by atoms with Gasteiger partial charge in [-0.15, -0.1) is 8.78 Å². The standard InChI is InChI=1S/C14H11F2N3O4S/c1-18(2)12(21)17-13-19(6-9(7-20)24-13)8-3-4-10-11(5-8)23-14(15,16)22-10/h3-7H,1-2H3. The van der Waals surface area contributed by atoms with Crippen molar-refractivity contribution in [1.29, 1.82) is 0 Å². The third-order valence-electron chi connectivity index (χ3n) is 3.02. The third kappa shape index (κ3) is 3.00. The van der Waals surface area contributed by atoms with Crippen LogP contribution in [0.4, 0.5) is 13.6 Å². The molecule has 1 aromatic heterocycles. The number of carbonyl (C=O) groups is 2. The first-order chi connectivity index (χ1) is 11.3. The number of benzene rings is 1. The Hall–Kier alpha value is -2.75. The van der Waals surface area contributed by atoms with Crippen molar-refractivity contribution in [3.63, 3.8) is 0 Å². The molecule has 0 saturated carbocycles. The SMILES string of the molecule is CN(C)C(=O)N=c1sc(C=O)cn1-c1ccc2c(c1)OC(F)(F)O2. The molecule has 0 unspecified atom stereocenters. The highest BCUT2D eigenvalue weighted by molar-refractivity contribution is 7.11. The Bertz CT molecular complexity index is 888. The second-order valence-electron chi connectivity index (χ2n) is 4.99. The van der Waals surface area contributed by atoms with Gasteiger partial charge in [-0.25, -0.2) is 4.79 Å². The van der Waals surface area contributed by atoms with Gasteiger partial charge in [-0.3, -0.25) is 9.36 Å². The molecule has 0 atom stereocenters. The summed E-state index contributed by atoms with van der Waals surface area (Å²) < 4.78 is 36.4. The number of aldehydes is 1. The Morgan fingerprint density at radius 1 is 1.33 bits per heavy atom. The van der Waals surface area contributed by atoms with Crippen molar-refractivity contribution in [2.45, 2.75) is 6.29 Å². The molecule has 1 aliphatic heterocycles. The molecule has 1 aliphatic rings. The van der Waals surface area contributed by atoms with E-state index in [1.54, 1.807) is 0 Å². The molecule has 0 N–H and O–H groups in total. The van der Waals surface area contributed by atoms with E-state index in [4.69, 9.17) is 0 Å². The summed E-state index contributed by atoms with van der Waals surface area (Å²) in [5, 5.41) is 0. The smallest absolute Gasteiger partial charge is 0.395 e. The summed E-state index contributed by atoms with van der Waals surface area (Å²) in [5.41, 5.74) is 0.393. The first-order valence-corrected chi connectivity index (χ1v) is 7.45. The molecule has 24 heavy (non-hydrogen) atoms. The predicted molar refractivity (Wildman–Crippen MR) is 79.9 cm³/mol. The van der Waals surface area contributed by atoms with Crippen LogP contribution in [0.3, 0.4) is 0 Å². The van der Waals surface area contributed by atoms with Crippen LogP contribution in [0, 0.1) is 0 Å². The summed E-state index contributed by atoms with van der Waals surface area (Å²) in [6, 6.07) is 3.60. The molecule has 0 radical (unpaired) electrons. The van der Waals surface area contributed by atoms with Crippen LogP contribution >= 0.6 is 11.3 Å². The van der Waals surface area contributed by atoms with E-state index in [9.17, 15) is 18.4 Å². The van der Waals surface area contributed by atoms with Gasteiger partial charge in [0.05, 0.1) is 10.6 Å². The Labute approximate surface area is 138 Å². The molecule has 2 aromatic rings. The van der Waals surface area contributed by atoms with E-state index in [2.05, 4.69) is 14.5 Å². The zero-order valence-electron chi connectivity index (χ0n) is 12.5. The van der Waals surface area contributed by atoms with Crippen molar-refractivity contribution >= 4 is 23.7 Å². The average Bonchev–Trinajstić information content (AvgIpc) is 3.04. The number of urea groups is 1. The van der Waals surface area contributed by atoms with Gasteiger partial charge >= 0.3 is 12.3 Å². The maximum absolute atomic E-state index is 13.1. The Kier molecular flexibility index (Phi) is 3.84. The van der Waals surface area contributed by atoms with Crippen LogP contribution in [0.15, 0.2) is 29.4 Å². The van der Waals surface area contributed by atoms with Crippen molar-refractivity contribution in [3.8, 4) is 17.2 Å². The summed E-state index contributed by atoms with van der Waals surface area (Å²) in [6.07, 6.45) is -1.65. The lowest BCUT2D eigenvalue weighted by Crippen LogP contribution is -2.26. The van der Waals surface area contributed by atoms with Gasteiger partial charge in [-0.2, -0.15) is 4.99 Å². The van der Waals surface area contributed by atoms with Crippen molar-refractivity contribution in [3.05, 3.63) is 34.1 Å². The fraction of sp³-hybridized carbons (Fsp3) is 0.214. The minimum Gasteiger partial charge on any atom is -0.395 e. The van der Waals surface area contributed by atoms with E-state index >= 15 is 0 Å². The molecular weight excluding hydrogens is 344 g/mol. The average molecular weight is 355 g/mol. The van der Waals surface area contributed by atoms with E-state index in [0.29, 0.717) is 16.9 Å². The van der Waals surface area contributed by atoms with E-state index in [1.165, 1.54) is 48.0 Å². The molecule has 126 valence electrons. The summed E-state index contributed by atoms with van der Waals surface area (Å²) in [5.74, 6) is -0.244. The van der Waals surface area contributed by atoms with E-state index < -0.39 is 12.3 Å². The highest BCUT2D eigenvalue weighted by Gasteiger charge is 2.43. The van der Waals surface area contributed by atoms with Crippen molar-refractivity contribution in [1.82, 2.24) is 9.47 Å². The number of rotatable bonds is 2. The molecule has 0 aliphatic carbocycles. The van der Waals surface area contributed by atoms with Gasteiger partial charge in [0.25, 0.3) is 0 Å². The topological polar surface area (TPSA) is 73.1 Å². The van der Waals surface area contributed by atoms with E-state index in [1.807, 2.05) is 0 Å². The number of hydrogen-bond acceptors (Lipinski definition) is 5. The van der Waals surface area contributed by atoms with E-state index in [-0.39, 0.29) is 16.3 Å². The zero-order valence-corrected chi connectivity index (χ0v) is 13.3. The van der Waals surface area contributed by atoms with Crippen LogP contribution in [0.1, 0.15) is 9.67 Å². The number of alkyl halides is 2. The first kappa shape index (κ1) is 16.1. The summed E-state index contributed by atoms with van der Waals surface area (Å²) in [4.78, 5) is 28.5. The highest BCUT2D eigenvalue weighted by Crippen LogP contribution is 2.41. The summed E-state index contributed by atoms with van der Waals surface area (Å²) in [6.45, 7) is 0. The van der Waals surface area contributed by atoms with Crippen LogP contribution in [0.2, 0.25) is 0 Å². The second-order valence-corrected chi connectivity index (χ2v) is 6.03. The normalized spacial score (nSPS) is 15.4. The number of thiazole rings is 1. The second kappa shape index (κ2) is 5.71. The number of fused-ring (bicyclic) bond motifs is 1. The van der Waals surface area contributed by atoms with Gasteiger partial charge in [0.15, 0.2) is 22.6 Å².